The van der Waals surface area contributed by atoms with E-state index in [9.17, 15) is 39.9 Å². The van der Waals surface area contributed by atoms with Crippen LogP contribution >= 0.6 is 0 Å². The van der Waals surface area contributed by atoms with E-state index in [4.69, 9.17) is 19.0 Å². The zero-order valence-corrected chi connectivity index (χ0v) is 56.5. The summed E-state index contributed by atoms with van der Waals surface area (Å²) < 4.78 is 17.8. The standard InChI is InChI=1S/C85H78N4O12/c90-81(56-57-82(91)99-59-31-12-8-4-2-6-10-14-33-61-101-86-84-78-62-70(87(92)93)49-55-75(78)83-79(84)63-71(88(94)95)64-80(83)89(96)97)98-58-30-11-7-3-1-5-9-13-32-60-100-85-76(53-47-68-40-26-18-27-41-68)73(51-45-66-36-22-16-23-37-66)72(50-44-65-34-20-15-21-35-65)74(52-46-67-38-24-17-25-39-67)77(85)54-48-69-42-28-19-29-43-69/h15-29,34-43,49,55,62-64H,1-14,30-33,56-61H2/b86-84+. The summed E-state index contributed by atoms with van der Waals surface area (Å²) in [5.74, 6) is 34.4. The molecule has 1 aliphatic carbocycles. The molecule has 510 valence electrons. The van der Waals surface area contributed by atoms with E-state index in [-0.39, 0.29) is 47.5 Å². The zero-order chi connectivity index (χ0) is 70.6. The second kappa shape index (κ2) is 40.0. The number of hydrogen-bond acceptors (Lipinski definition) is 13. The van der Waals surface area contributed by atoms with Crippen LogP contribution in [0.2, 0.25) is 0 Å². The van der Waals surface area contributed by atoms with Crippen molar-refractivity contribution in [3.05, 3.63) is 279 Å². The average molecular weight is 1350 g/mol. The summed E-state index contributed by atoms with van der Waals surface area (Å²) in [6.07, 6.45) is 16.9. The molecule has 0 N–H and O–H groups in total. The van der Waals surface area contributed by atoms with Crippen molar-refractivity contribution >= 4 is 34.7 Å². The van der Waals surface area contributed by atoms with Gasteiger partial charge in [-0.15, -0.1) is 0 Å². The number of oxime groups is 1. The minimum atomic E-state index is -0.740. The van der Waals surface area contributed by atoms with E-state index in [1.807, 2.05) is 152 Å². The van der Waals surface area contributed by atoms with E-state index in [1.54, 1.807) is 0 Å². The van der Waals surface area contributed by atoms with Crippen molar-refractivity contribution in [2.75, 3.05) is 26.4 Å². The van der Waals surface area contributed by atoms with Crippen LogP contribution in [0.15, 0.2) is 187 Å². The number of non-ortho nitro benzene ring substituents is 2. The molecule has 0 saturated heterocycles. The number of benzene rings is 8. The van der Waals surface area contributed by atoms with Gasteiger partial charge in [0.05, 0.1) is 86.9 Å². The third-order valence-electron chi connectivity index (χ3n) is 16.6. The monoisotopic (exact) mass is 1350 g/mol. The quantitative estimate of drug-likeness (QED) is 0.0127. The summed E-state index contributed by atoms with van der Waals surface area (Å²) in [7, 11) is 0. The minimum absolute atomic E-state index is 0.0156. The molecule has 0 aromatic heterocycles. The lowest BCUT2D eigenvalue weighted by atomic mass is 9.89. The van der Waals surface area contributed by atoms with Crippen LogP contribution in [0, 0.1) is 89.5 Å². The summed E-state index contributed by atoms with van der Waals surface area (Å²) >= 11 is 0. The maximum Gasteiger partial charge on any atom is 0.306 e. The number of nitrogens with zero attached hydrogens (tertiary/aromatic N) is 4. The Bertz CT molecular complexity index is 4400. The predicted molar refractivity (Wildman–Crippen MR) is 392 cm³/mol. The molecule has 9 rings (SSSR count). The fourth-order valence-electron chi connectivity index (χ4n) is 11.4. The molecular formula is C85H78N4O12. The molecule has 16 heteroatoms. The van der Waals surface area contributed by atoms with Crippen LogP contribution in [0.1, 0.15) is 195 Å². The molecule has 0 aliphatic heterocycles. The Morgan fingerprint density at radius 1 is 0.337 bits per heavy atom. The third kappa shape index (κ3) is 23.0. The van der Waals surface area contributed by atoms with Gasteiger partial charge in [-0.25, -0.2) is 0 Å². The fraction of sp³-hybridized carbons (Fsp3) is 0.282. The summed E-state index contributed by atoms with van der Waals surface area (Å²) in [5.41, 5.74) is 6.70. The smallest absolute Gasteiger partial charge is 0.306 e. The fourth-order valence-corrected chi connectivity index (χ4v) is 11.4. The Morgan fingerprint density at radius 3 is 1.05 bits per heavy atom. The van der Waals surface area contributed by atoms with E-state index in [0.717, 1.165) is 143 Å². The van der Waals surface area contributed by atoms with Crippen LogP contribution in [0.5, 0.6) is 5.75 Å². The van der Waals surface area contributed by atoms with Gasteiger partial charge < -0.3 is 19.0 Å². The Hall–Kier alpha value is -12.0. The largest absolute Gasteiger partial charge is 0.491 e. The van der Waals surface area contributed by atoms with Crippen LogP contribution in [-0.2, 0) is 23.9 Å². The zero-order valence-electron chi connectivity index (χ0n) is 56.5. The van der Waals surface area contributed by atoms with Crippen LogP contribution in [0.25, 0.3) is 11.1 Å². The maximum atomic E-state index is 12.4. The normalized spacial score (nSPS) is 11.1. The van der Waals surface area contributed by atoms with Crippen molar-refractivity contribution in [3.63, 3.8) is 0 Å². The first-order valence-electron chi connectivity index (χ1n) is 34.5. The van der Waals surface area contributed by atoms with E-state index in [1.165, 1.54) is 24.3 Å². The lowest BCUT2D eigenvalue weighted by Gasteiger charge is -2.17. The molecule has 0 radical (unpaired) electrons. The molecule has 0 amide bonds. The molecule has 8 aromatic carbocycles. The number of rotatable bonds is 32. The minimum Gasteiger partial charge on any atom is -0.491 e. The van der Waals surface area contributed by atoms with Crippen molar-refractivity contribution in [3.8, 4) is 76.1 Å². The Morgan fingerprint density at radius 2 is 0.673 bits per heavy atom. The van der Waals surface area contributed by atoms with Gasteiger partial charge in [-0.3, -0.25) is 39.9 Å². The number of carbonyl (C=O) groups is 2. The third-order valence-corrected chi connectivity index (χ3v) is 16.6. The van der Waals surface area contributed by atoms with Crippen molar-refractivity contribution in [2.24, 2.45) is 5.16 Å². The van der Waals surface area contributed by atoms with Gasteiger partial charge >= 0.3 is 11.9 Å². The molecule has 0 saturated carbocycles. The van der Waals surface area contributed by atoms with Crippen LogP contribution in [-0.4, -0.2) is 58.8 Å². The molecule has 16 nitrogen and oxygen atoms in total. The second-order valence-corrected chi connectivity index (χ2v) is 24.1. The van der Waals surface area contributed by atoms with E-state index in [0.29, 0.717) is 65.4 Å². The molecule has 101 heavy (non-hydrogen) atoms. The summed E-state index contributed by atoms with van der Waals surface area (Å²) in [4.78, 5) is 63.4. The number of esters is 2. The van der Waals surface area contributed by atoms with E-state index >= 15 is 0 Å². The SMILES string of the molecule is O=C(CCC(=O)OCCCCCCCCCCCOc1c(C#Cc2ccccc2)c(C#Cc2ccccc2)c(C#Cc2ccccc2)c(C#Cc2ccccc2)c1C#Cc1ccccc1)OCCCCCCCCCCCO/N=C1\c2cc([N+](=O)[O-])ccc2-c2c1cc([N+](=O)[O-])cc2[N+](=O)[O-]. The average Bonchev–Trinajstić information content (AvgIpc) is 1.64. The van der Waals surface area contributed by atoms with Crippen LogP contribution in [0.3, 0.4) is 0 Å². The van der Waals surface area contributed by atoms with Gasteiger partial charge in [0.25, 0.3) is 17.1 Å². The van der Waals surface area contributed by atoms with Crippen LogP contribution < -0.4 is 4.74 Å². The predicted octanol–water partition coefficient (Wildman–Crippen LogP) is 18.1. The molecule has 0 unspecified atom stereocenters. The first-order valence-corrected chi connectivity index (χ1v) is 34.5. The number of hydrogen-bond donors (Lipinski definition) is 0. The highest BCUT2D eigenvalue weighted by molar-refractivity contribution is 6.26. The number of unbranched alkanes of at least 4 members (excludes halogenated alkanes) is 16. The van der Waals surface area contributed by atoms with Crippen molar-refractivity contribution in [2.45, 2.75) is 128 Å². The highest BCUT2D eigenvalue weighted by atomic mass is 16.6. The summed E-state index contributed by atoms with van der Waals surface area (Å²) in [6, 6.07) is 55.2. The van der Waals surface area contributed by atoms with Gasteiger partial charge in [0.1, 0.15) is 12.3 Å². The first kappa shape index (κ1) is 73.2. The molecule has 0 bridgehead atoms. The van der Waals surface area contributed by atoms with E-state index < -0.39 is 38.1 Å². The topological polar surface area (TPSA) is 213 Å². The van der Waals surface area contributed by atoms with Gasteiger partial charge in [0, 0.05) is 57.1 Å². The molecule has 0 atom stereocenters. The van der Waals surface area contributed by atoms with Gasteiger partial charge in [-0.1, -0.05) is 239 Å². The lowest BCUT2D eigenvalue weighted by Crippen LogP contribution is -2.11. The molecule has 0 spiro atoms. The molecule has 0 heterocycles. The summed E-state index contributed by atoms with van der Waals surface area (Å²) in [6.45, 7) is 1.25. The molecule has 0 fully saturated rings. The van der Waals surface area contributed by atoms with Gasteiger partial charge in [0.2, 0.25) is 0 Å². The number of carbonyl (C=O) groups excluding carboxylic acids is 2. The Balaban J connectivity index is 0.668. The first-order chi connectivity index (χ1) is 49.5. The molecule has 1 aliphatic rings. The number of fused-ring (bicyclic) bond motifs is 3. The van der Waals surface area contributed by atoms with Crippen molar-refractivity contribution < 1.29 is 43.4 Å². The van der Waals surface area contributed by atoms with Gasteiger partial charge in [-0.2, -0.15) is 0 Å². The number of ether oxygens (including phenoxy) is 3. The highest BCUT2D eigenvalue weighted by Gasteiger charge is 2.36. The number of nitro benzene ring substituents is 3. The maximum absolute atomic E-state index is 12.4. The number of nitro groups is 3. The Labute approximate surface area is 590 Å². The van der Waals surface area contributed by atoms with Crippen LogP contribution in [0.4, 0.5) is 17.1 Å². The van der Waals surface area contributed by atoms with Gasteiger partial charge in [-0.05, 0) is 104 Å². The summed E-state index contributed by atoms with van der Waals surface area (Å²) in [5, 5.41) is 39.3. The van der Waals surface area contributed by atoms with E-state index in [2.05, 4.69) is 64.4 Å². The molecule has 8 aromatic rings. The highest BCUT2D eigenvalue weighted by Crippen LogP contribution is 2.46. The molecular weight excluding hydrogens is 1270 g/mol. The van der Waals surface area contributed by atoms with Crippen molar-refractivity contribution in [1.82, 2.24) is 0 Å². The Kier molecular flexibility index (Phi) is 29.0. The van der Waals surface area contributed by atoms with Gasteiger partial charge in [0.15, 0.2) is 5.75 Å². The van der Waals surface area contributed by atoms with Crippen molar-refractivity contribution in [1.29, 1.82) is 0 Å². The second-order valence-electron chi connectivity index (χ2n) is 24.1. The lowest BCUT2D eigenvalue weighted by molar-refractivity contribution is -0.393.